The highest BCUT2D eigenvalue weighted by Crippen LogP contribution is 2.31. The summed E-state index contributed by atoms with van der Waals surface area (Å²) < 4.78 is 12.3. The number of hydrogen-bond acceptors (Lipinski definition) is 5. The summed E-state index contributed by atoms with van der Waals surface area (Å²) in [6.07, 6.45) is 1.27. The van der Waals surface area contributed by atoms with Crippen molar-refractivity contribution in [3.63, 3.8) is 0 Å². The monoisotopic (exact) mass is 449 g/mol. The van der Waals surface area contributed by atoms with Crippen molar-refractivity contribution in [2.75, 3.05) is 20.2 Å². The summed E-state index contributed by atoms with van der Waals surface area (Å²) in [7, 11) is 1.63. The largest absolute Gasteiger partial charge is 0.497 e. The van der Waals surface area contributed by atoms with Crippen LogP contribution in [0, 0.1) is 0 Å². The van der Waals surface area contributed by atoms with Crippen LogP contribution in [0.25, 0.3) is 10.8 Å². The second-order valence-corrected chi connectivity index (χ2v) is 9.48. The SMILES string of the molecule is COc1ccc(Cn2nc(C3CCN(C(=O)OC(C)(C)C)CC3)c3ccccc3c2=O)cc1. The molecule has 1 fully saturated rings. The highest BCUT2D eigenvalue weighted by molar-refractivity contribution is 5.84. The lowest BCUT2D eigenvalue weighted by Gasteiger charge is -2.33. The molecule has 0 spiro atoms. The predicted molar refractivity (Wildman–Crippen MR) is 128 cm³/mol. The number of carbonyl (C=O) groups excluding carboxylic acids is 1. The number of likely N-dealkylation sites (tertiary alicyclic amines) is 1. The number of benzene rings is 2. The van der Waals surface area contributed by atoms with E-state index in [2.05, 4.69) is 0 Å². The Bertz CT molecular complexity index is 1190. The standard InChI is InChI=1S/C26H31N3O4/c1-26(2,3)33-25(31)28-15-13-19(14-16-28)23-21-7-5-6-8-22(21)24(30)29(27-23)17-18-9-11-20(32-4)12-10-18/h5-12,19H,13-17H2,1-4H3. The molecule has 1 aliphatic heterocycles. The molecule has 2 aromatic carbocycles. The highest BCUT2D eigenvalue weighted by Gasteiger charge is 2.29. The summed E-state index contributed by atoms with van der Waals surface area (Å²) in [4.78, 5) is 27.4. The lowest BCUT2D eigenvalue weighted by Crippen LogP contribution is -2.41. The molecule has 2 heterocycles. The smallest absolute Gasteiger partial charge is 0.410 e. The van der Waals surface area contributed by atoms with E-state index in [4.69, 9.17) is 14.6 Å². The van der Waals surface area contributed by atoms with Gasteiger partial charge in [-0.15, -0.1) is 0 Å². The van der Waals surface area contributed by atoms with E-state index in [1.165, 1.54) is 0 Å². The minimum atomic E-state index is -0.511. The summed E-state index contributed by atoms with van der Waals surface area (Å²) in [5, 5.41) is 6.39. The van der Waals surface area contributed by atoms with Gasteiger partial charge in [0.05, 0.1) is 24.7 Å². The third-order valence-electron chi connectivity index (χ3n) is 5.92. The summed E-state index contributed by atoms with van der Waals surface area (Å²) in [5.74, 6) is 0.936. The van der Waals surface area contributed by atoms with Crippen molar-refractivity contribution >= 4 is 16.9 Å². The molecule has 3 aromatic rings. The molecular weight excluding hydrogens is 418 g/mol. The zero-order valence-electron chi connectivity index (χ0n) is 19.7. The number of rotatable bonds is 4. The number of methoxy groups -OCH3 is 1. The van der Waals surface area contributed by atoms with Crippen LogP contribution in [0.5, 0.6) is 5.75 Å². The van der Waals surface area contributed by atoms with E-state index in [-0.39, 0.29) is 17.6 Å². The normalized spacial score (nSPS) is 15.0. The van der Waals surface area contributed by atoms with Crippen molar-refractivity contribution in [2.45, 2.75) is 51.7 Å². The van der Waals surface area contributed by atoms with Crippen molar-refractivity contribution in [1.29, 1.82) is 0 Å². The van der Waals surface area contributed by atoms with Crippen molar-refractivity contribution in [3.8, 4) is 5.75 Å². The molecule has 7 nitrogen and oxygen atoms in total. The summed E-state index contributed by atoms with van der Waals surface area (Å²) in [5.41, 5.74) is 1.29. The maximum Gasteiger partial charge on any atom is 0.410 e. The van der Waals surface area contributed by atoms with E-state index >= 15 is 0 Å². The van der Waals surface area contributed by atoms with Crippen LogP contribution in [-0.4, -0.2) is 46.6 Å². The average molecular weight is 450 g/mol. The Kier molecular flexibility index (Phi) is 6.40. The second kappa shape index (κ2) is 9.25. The van der Waals surface area contributed by atoms with Gasteiger partial charge >= 0.3 is 6.09 Å². The number of nitrogens with zero attached hydrogens (tertiary/aromatic N) is 3. The third kappa shape index (κ3) is 5.18. The summed E-state index contributed by atoms with van der Waals surface area (Å²) >= 11 is 0. The fraction of sp³-hybridized carbons (Fsp3) is 0.423. The fourth-order valence-corrected chi connectivity index (χ4v) is 4.24. The molecule has 0 aliphatic carbocycles. The Balaban J connectivity index is 1.60. The topological polar surface area (TPSA) is 73.7 Å². The Morgan fingerprint density at radius 1 is 1.03 bits per heavy atom. The molecule has 0 radical (unpaired) electrons. The van der Waals surface area contributed by atoms with Gasteiger partial charge in [-0.2, -0.15) is 5.10 Å². The van der Waals surface area contributed by atoms with Gasteiger partial charge in [-0.1, -0.05) is 30.3 Å². The van der Waals surface area contributed by atoms with Crippen molar-refractivity contribution in [1.82, 2.24) is 14.7 Å². The molecule has 33 heavy (non-hydrogen) atoms. The molecule has 1 amide bonds. The predicted octanol–water partition coefficient (Wildman–Crippen LogP) is 4.57. The van der Waals surface area contributed by atoms with Gasteiger partial charge in [0.1, 0.15) is 11.4 Å². The van der Waals surface area contributed by atoms with Gasteiger partial charge in [0.15, 0.2) is 0 Å². The number of piperidine rings is 1. The number of hydrogen-bond donors (Lipinski definition) is 0. The molecular formula is C26H31N3O4. The Morgan fingerprint density at radius 2 is 1.67 bits per heavy atom. The van der Waals surface area contributed by atoms with Crippen LogP contribution < -0.4 is 10.3 Å². The van der Waals surface area contributed by atoms with Crippen LogP contribution >= 0.6 is 0 Å². The lowest BCUT2D eigenvalue weighted by atomic mass is 9.91. The van der Waals surface area contributed by atoms with Crippen molar-refractivity contribution in [2.24, 2.45) is 0 Å². The molecule has 174 valence electrons. The Labute approximate surface area is 193 Å². The first-order valence-corrected chi connectivity index (χ1v) is 11.4. The number of amides is 1. The molecule has 0 unspecified atom stereocenters. The molecule has 0 atom stereocenters. The number of fused-ring (bicyclic) bond motifs is 1. The molecule has 4 rings (SSSR count). The van der Waals surface area contributed by atoms with E-state index in [9.17, 15) is 9.59 Å². The van der Waals surface area contributed by atoms with E-state index in [1.807, 2.05) is 69.3 Å². The fourth-order valence-electron chi connectivity index (χ4n) is 4.24. The number of carbonyl (C=O) groups is 1. The summed E-state index contributed by atoms with van der Waals surface area (Å²) in [6.45, 7) is 7.22. The first-order chi connectivity index (χ1) is 15.7. The zero-order valence-corrected chi connectivity index (χ0v) is 19.7. The maximum atomic E-state index is 13.2. The maximum absolute atomic E-state index is 13.2. The zero-order chi connectivity index (χ0) is 23.6. The van der Waals surface area contributed by atoms with Crippen LogP contribution in [0.1, 0.15) is 50.8 Å². The molecule has 1 aliphatic rings. The quantitative estimate of drug-likeness (QED) is 0.583. The molecule has 1 aromatic heterocycles. The molecule has 0 N–H and O–H groups in total. The Hall–Kier alpha value is -3.35. The molecule has 7 heteroatoms. The van der Waals surface area contributed by atoms with Gasteiger partial charge in [-0.25, -0.2) is 9.48 Å². The number of aromatic nitrogens is 2. The van der Waals surface area contributed by atoms with Gasteiger partial charge in [0.2, 0.25) is 0 Å². The van der Waals surface area contributed by atoms with Crippen molar-refractivity contribution in [3.05, 3.63) is 70.1 Å². The Morgan fingerprint density at radius 3 is 2.27 bits per heavy atom. The first kappa shape index (κ1) is 22.8. The van der Waals surface area contributed by atoms with E-state index in [1.54, 1.807) is 16.7 Å². The van der Waals surface area contributed by atoms with E-state index in [0.717, 1.165) is 35.2 Å². The second-order valence-electron chi connectivity index (χ2n) is 9.48. The molecule has 1 saturated heterocycles. The molecule has 0 saturated carbocycles. The molecule has 0 bridgehead atoms. The van der Waals surface area contributed by atoms with Gasteiger partial charge in [-0.3, -0.25) is 4.79 Å². The van der Waals surface area contributed by atoms with E-state index < -0.39 is 5.60 Å². The summed E-state index contributed by atoms with van der Waals surface area (Å²) in [6, 6.07) is 15.3. The van der Waals surface area contributed by atoms with Crippen LogP contribution in [0.4, 0.5) is 4.79 Å². The highest BCUT2D eigenvalue weighted by atomic mass is 16.6. The number of ether oxygens (including phenoxy) is 2. The van der Waals surface area contributed by atoms with Gasteiger partial charge < -0.3 is 14.4 Å². The minimum Gasteiger partial charge on any atom is -0.497 e. The van der Waals surface area contributed by atoms with Crippen molar-refractivity contribution < 1.29 is 14.3 Å². The minimum absolute atomic E-state index is 0.101. The van der Waals surface area contributed by atoms with Crippen LogP contribution in [0.2, 0.25) is 0 Å². The van der Waals surface area contributed by atoms with Crippen LogP contribution in [0.15, 0.2) is 53.3 Å². The first-order valence-electron chi connectivity index (χ1n) is 11.4. The third-order valence-corrected chi connectivity index (χ3v) is 5.92. The van der Waals surface area contributed by atoms with E-state index in [0.29, 0.717) is 25.0 Å². The van der Waals surface area contributed by atoms with Gasteiger partial charge in [-0.05, 0) is 57.4 Å². The average Bonchev–Trinajstić information content (AvgIpc) is 2.80. The van der Waals surface area contributed by atoms with Gasteiger partial charge in [0, 0.05) is 24.4 Å². The lowest BCUT2D eigenvalue weighted by molar-refractivity contribution is 0.0204. The van der Waals surface area contributed by atoms with Gasteiger partial charge in [0.25, 0.3) is 5.56 Å². The van der Waals surface area contributed by atoms with Crippen LogP contribution in [-0.2, 0) is 11.3 Å². The van der Waals surface area contributed by atoms with Crippen LogP contribution in [0.3, 0.4) is 0 Å².